The molecule has 0 atom stereocenters. The predicted octanol–water partition coefficient (Wildman–Crippen LogP) is 2.86. The number of benzene rings is 1. The van der Waals surface area contributed by atoms with Crippen molar-refractivity contribution in [2.45, 2.75) is 20.8 Å². The number of hydrogen-bond donors (Lipinski definition) is 0. The molecule has 1 rings (SSSR count). The Morgan fingerprint density at radius 2 is 1.73 bits per heavy atom. The molecule has 62 valence electrons. The topological polar surface area (TPSA) is 9.23 Å². The molecule has 0 aliphatic rings. The Morgan fingerprint density at radius 1 is 1.18 bits per heavy atom. The average Bonchev–Trinajstić information content (AvgIpc) is 2.09. The van der Waals surface area contributed by atoms with Gasteiger partial charge in [0.1, 0.15) is 0 Å². The van der Waals surface area contributed by atoms with Gasteiger partial charge in [-0.15, -0.1) is 0 Å². The molecule has 0 aliphatic carbocycles. The van der Waals surface area contributed by atoms with E-state index >= 15 is 0 Å². The summed E-state index contributed by atoms with van der Waals surface area (Å²) >= 11 is 1.32. The first-order valence-corrected chi connectivity index (χ1v) is 4.89. The van der Waals surface area contributed by atoms with E-state index in [0.29, 0.717) is 0 Å². The molecule has 0 bridgehead atoms. The van der Waals surface area contributed by atoms with Gasteiger partial charge < -0.3 is 0 Å². The molecular formula is C9H13AtO. The summed E-state index contributed by atoms with van der Waals surface area (Å²) in [5.74, 6) is 0.981. The summed E-state index contributed by atoms with van der Waals surface area (Å²) in [5.41, 5.74) is 1.19. The summed E-state index contributed by atoms with van der Waals surface area (Å²) in [5, 5.41) is 0. The number of rotatable bonds is 1. The van der Waals surface area contributed by atoms with Crippen molar-refractivity contribution in [3.8, 4) is 5.75 Å². The van der Waals surface area contributed by atoms with Crippen LogP contribution in [0.5, 0.6) is 5.75 Å². The molecule has 0 radical (unpaired) electrons. The van der Waals surface area contributed by atoms with Crippen molar-refractivity contribution < 1.29 is 28.0 Å². The van der Waals surface area contributed by atoms with E-state index in [0.717, 1.165) is 5.75 Å². The van der Waals surface area contributed by atoms with Gasteiger partial charge in [-0.1, -0.05) is 13.8 Å². The van der Waals surface area contributed by atoms with Crippen LogP contribution in [0.15, 0.2) is 24.3 Å². The van der Waals surface area contributed by atoms with Gasteiger partial charge >= 0.3 is 70.5 Å². The van der Waals surface area contributed by atoms with E-state index in [1.807, 2.05) is 45.0 Å². The molecule has 1 nitrogen and oxygen atoms in total. The Balaban J connectivity index is 0.000000461. The van der Waals surface area contributed by atoms with Gasteiger partial charge in [-0.2, -0.15) is 0 Å². The van der Waals surface area contributed by atoms with Crippen LogP contribution in [0.3, 0.4) is 0 Å². The molecule has 0 saturated heterocycles. The Morgan fingerprint density at radius 3 is 2.09 bits per heavy atom. The van der Waals surface area contributed by atoms with Crippen molar-refractivity contribution in [2.24, 2.45) is 0 Å². The fourth-order valence-electron chi connectivity index (χ4n) is 0.643. The van der Waals surface area contributed by atoms with E-state index in [4.69, 9.17) is 2.81 Å². The second-order valence-electron chi connectivity index (χ2n) is 1.84. The van der Waals surface area contributed by atoms with E-state index in [1.165, 1.54) is 30.7 Å². The van der Waals surface area contributed by atoms with Crippen molar-refractivity contribution in [2.75, 3.05) is 0 Å². The van der Waals surface area contributed by atoms with Gasteiger partial charge in [-0.3, -0.25) is 0 Å². The van der Waals surface area contributed by atoms with Gasteiger partial charge in [0.15, 0.2) is 0 Å². The first-order chi connectivity index (χ1) is 5.34. The molecule has 0 spiro atoms. The van der Waals surface area contributed by atoms with E-state index < -0.39 is 0 Å². The summed E-state index contributed by atoms with van der Waals surface area (Å²) in [6, 6.07) is 7.98. The Kier molecular flexibility index (Phi) is 6.55. The summed E-state index contributed by atoms with van der Waals surface area (Å²) in [6.07, 6.45) is 0. The number of para-hydroxylation sites is 1. The quantitative estimate of drug-likeness (QED) is 0.759. The van der Waals surface area contributed by atoms with Gasteiger partial charge in [-0.25, -0.2) is 0 Å². The van der Waals surface area contributed by atoms with Crippen molar-refractivity contribution in [3.05, 3.63) is 29.8 Å². The molecule has 1 aromatic rings. The first kappa shape index (κ1) is 10.9. The Hall–Kier alpha value is -0.0969. The fraction of sp³-hybridized carbons (Fsp3) is 0.333. The summed E-state index contributed by atoms with van der Waals surface area (Å²) in [7, 11) is 0. The van der Waals surface area contributed by atoms with Crippen LogP contribution in [0.4, 0.5) is 0 Å². The molecular weight excluding hydrogens is 334 g/mol. The molecule has 0 aromatic heterocycles. The SMILES string of the molecule is CC.Cc1ccccc1O[At]. The molecule has 0 fully saturated rings. The maximum atomic E-state index is 5.10. The van der Waals surface area contributed by atoms with Crippen molar-refractivity contribution in [3.63, 3.8) is 0 Å². The van der Waals surface area contributed by atoms with Gasteiger partial charge in [-0.05, 0) is 0 Å². The molecule has 0 aliphatic heterocycles. The van der Waals surface area contributed by atoms with E-state index in [9.17, 15) is 0 Å². The second-order valence-corrected chi connectivity index (χ2v) is 2.44. The minimum atomic E-state index is 0.981. The van der Waals surface area contributed by atoms with Crippen LogP contribution in [0.25, 0.3) is 0 Å². The van der Waals surface area contributed by atoms with Crippen LogP contribution in [0, 0.1) is 32.1 Å². The number of hydrogen-bond acceptors (Lipinski definition) is 1. The molecule has 1 aromatic carbocycles. The molecule has 0 N–H and O–H groups in total. The third-order valence-corrected chi connectivity index (χ3v) is 1.82. The monoisotopic (exact) mass is 347 g/mol. The fourth-order valence-corrected chi connectivity index (χ4v) is 1.32. The molecule has 0 unspecified atom stereocenters. The van der Waals surface area contributed by atoms with Gasteiger partial charge in [0, 0.05) is 0 Å². The van der Waals surface area contributed by atoms with Crippen LogP contribution in [-0.2, 0) is 0 Å². The molecule has 0 amide bonds. The molecule has 2 heteroatoms. The van der Waals surface area contributed by atoms with Crippen molar-refractivity contribution in [1.29, 1.82) is 0 Å². The van der Waals surface area contributed by atoms with Crippen LogP contribution in [-0.4, -0.2) is 0 Å². The van der Waals surface area contributed by atoms with Gasteiger partial charge in [0.25, 0.3) is 0 Å². The molecule has 0 heterocycles. The van der Waals surface area contributed by atoms with Crippen LogP contribution in [0.1, 0.15) is 19.4 Å². The maximum absolute atomic E-state index is 5.10. The number of aryl methyl sites for hydroxylation is 1. The predicted molar refractivity (Wildman–Crippen MR) is 43.2 cm³/mol. The van der Waals surface area contributed by atoms with Crippen LogP contribution in [0.2, 0.25) is 0 Å². The van der Waals surface area contributed by atoms with Gasteiger partial charge in [0.05, 0.1) is 0 Å². The zero-order valence-corrected chi connectivity index (χ0v) is 10.0. The van der Waals surface area contributed by atoms with Crippen molar-refractivity contribution in [1.82, 2.24) is 0 Å². The summed E-state index contributed by atoms with van der Waals surface area (Å²) < 4.78 is 5.10. The molecule has 0 saturated carbocycles. The van der Waals surface area contributed by atoms with E-state index in [2.05, 4.69) is 0 Å². The summed E-state index contributed by atoms with van der Waals surface area (Å²) in [4.78, 5) is 0. The third kappa shape index (κ3) is 3.72. The van der Waals surface area contributed by atoms with Crippen molar-refractivity contribution >= 4 is 0 Å². The average molecular weight is 347 g/mol. The van der Waals surface area contributed by atoms with Crippen LogP contribution < -0.4 is 2.81 Å². The summed E-state index contributed by atoms with van der Waals surface area (Å²) in [6.45, 7) is 6.04. The Bertz CT molecular complexity index is 199. The van der Waals surface area contributed by atoms with Crippen LogP contribution >= 0.6 is 0 Å². The van der Waals surface area contributed by atoms with Gasteiger partial charge in [0.2, 0.25) is 0 Å². The normalized spacial score (nSPS) is 8.00. The third-order valence-electron chi connectivity index (χ3n) is 1.18. The zero-order chi connectivity index (χ0) is 8.69. The Labute approximate surface area is 84.2 Å². The molecule has 11 heavy (non-hydrogen) atoms. The van der Waals surface area contributed by atoms with E-state index in [1.54, 1.807) is 0 Å². The first-order valence-electron chi connectivity index (χ1n) is 3.69. The zero-order valence-electron chi connectivity index (χ0n) is 7.10. The minimum absolute atomic E-state index is 0.981. The standard InChI is InChI=1S/C7H7AtO.C2H6/c1-6-4-2-3-5-7(6)9-8;1-2/h2-5H,1H3;1-2H3. The van der Waals surface area contributed by atoms with E-state index in [-0.39, 0.29) is 0 Å². The second kappa shape index (κ2) is 6.60.